The summed E-state index contributed by atoms with van der Waals surface area (Å²) >= 11 is 0. The first-order valence-corrected chi connectivity index (χ1v) is 6.12. The van der Waals surface area contributed by atoms with Crippen molar-refractivity contribution in [2.75, 3.05) is 13.7 Å². The first-order valence-electron chi connectivity index (χ1n) is 6.12. The van der Waals surface area contributed by atoms with E-state index in [1.165, 1.54) is 4.90 Å². The molecule has 4 heteroatoms. The topological polar surface area (TPSA) is 53.4 Å². The number of carbonyl (C=O) groups is 1. The van der Waals surface area contributed by atoms with Crippen LogP contribution in [0.2, 0.25) is 0 Å². The second kappa shape index (κ2) is 5.48. The van der Waals surface area contributed by atoms with E-state index >= 15 is 0 Å². The molecule has 0 aliphatic rings. The van der Waals surface area contributed by atoms with Gasteiger partial charge in [0.2, 0.25) is 0 Å². The van der Waals surface area contributed by atoms with Crippen molar-refractivity contribution in [2.24, 2.45) is 0 Å². The van der Waals surface area contributed by atoms with E-state index in [4.69, 9.17) is 5.11 Å². The molecule has 0 saturated heterocycles. The van der Waals surface area contributed by atoms with Gasteiger partial charge in [-0.25, -0.2) is 0 Å². The smallest absolute Gasteiger partial charge is 0.255 e. The van der Waals surface area contributed by atoms with Crippen LogP contribution in [0, 0.1) is 0 Å². The van der Waals surface area contributed by atoms with E-state index in [1.54, 1.807) is 26.2 Å². The minimum absolute atomic E-state index is 0.0220. The van der Waals surface area contributed by atoms with Gasteiger partial charge in [-0.15, -0.1) is 0 Å². The molecule has 0 spiro atoms. The van der Waals surface area contributed by atoms with E-state index in [9.17, 15) is 4.79 Å². The summed E-state index contributed by atoms with van der Waals surface area (Å²) in [6.45, 7) is 7.99. The molecule has 0 radical (unpaired) electrons. The fourth-order valence-electron chi connectivity index (χ4n) is 1.49. The Morgan fingerprint density at radius 2 is 2.06 bits per heavy atom. The number of likely N-dealkylation sites (N-methyl/N-ethyl adjacent to an activating group) is 1. The largest absolute Gasteiger partial charge is 0.394 e. The van der Waals surface area contributed by atoms with Crippen LogP contribution in [-0.2, 0) is 5.41 Å². The van der Waals surface area contributed by atoms with E-state index < -0.39 is 0 Å². The Labute approximate surface area is 109 Å². The van der Waals surface area contributed by atoms with Crippen molar-refractivity contribution in [2.45, 2.75) is 39.2 Å². The van der Waals surface area contributed by atoms with E-state index in [0.717, 1.165) is 5.69 Å². The molecule has 1 rings (SSSR count). The minimum Gasteiger partial charge on any atom is -0.394 e. The summed E-state index contributed by atoms with van der Waals surface area (Å²) in [5.74, 6) is -0.121. The summed E-state index contributed by atoms with van der Waals surface area (Å²) < 4.78 is 0. The number of aromatic nitrogens is 1. The number of carbonyl (C=O) groups excluding carboxylic acids is 1. The molecule has 1 atom stereocenters. The quantitative estimate of drug-likeness (QED) is 0.890. The van der Waals surface area contributed by atoms with Crippen LogP contribution in [0.15, 0.2) is 18.3 Å². The number of aliphatic hydroxyl groups is 1. The molecule has 4 nitrogen and oxygen atoms in total. The maximum atomic E-state index is 12.1. The lowest BCUT2D eigenvalue weighted by molar-refractivity contribution is 0.0681. The molecule has 0 saturated carbocycles. The summed E-state index contributed by atoms with van der Waals surface area (Å²) in [7, 11) is 1.68. The molecule has 0 fully saturated rings. The van der Waals surface area contributed by atoms with Gasteiger partial charge in [0.05, 0.1) is 18.2 Å². The van der Waals surface area contributed by atoms with Gasteiger partial charge in [-0.3, -0.25) is 9.78 Å². The first-order chi connectivity index (χ1) is 8.27. The van der Waals surface area contributed by atoms with Crippen LogP contribution in [0.5, 0.6) is 0 Å². The van der Waals surface area contributed by atoms with Gasteiger partial charge in [0.25, 0.3) is 5.91 Å². The fraction of sp³-hybridized carbons (Fsp3) is 0.571. The summed E-state index contributed by atoms with van der Waals surface area (Å²) in [4.78, 5) is 17.9. The molecule has 0 aliphatic carbocycles. The Bertz CT molecular complexity index is 407. The number of aliphatic hydroxyl groups excluding tert-OH is 1. The lowest BCUT2D eigenvalue weighted by atomic mass is 9.91. The number of nitrogens with zero attached hydrogens (tertiary/aromatic N) is 2. The van der Waals surface area contributed by atoms with Crippen molar-refractivity contribution in [3.05, 3.63) is 29.6 Å². The fourth-order valence-corrected chi connectivity index (χ4v) is 1.49. The van der Waals surface area contributed by atoms with Crippen LogP contribution in [0.3, 0.4) is 0 Å². The first kappa shape index (κ1) is 14.6. The zero-order chi connectivity index (χ0) is 13.9. The van der Waals surface area contributed by atoms with Gasteiger partial charge in [-0.1, -0.05) is 20.8 Å². The summed E-state index contributed by atoms with van der Waals surface area (Å²) in [6.07, 6.45) is 1.60. The van der Waals surface area contributed by atoms with Crippen molar-refractivity contribution in [1.82, 2.24) is 9.88 Å². The van der Waals surface area contributed by atoms with Gasteiger partial charge >= 0.3 is 0 Å². The lowest BCUT2D eigenvalue weighted by Gasteiger charge is -2.23. The van der Waals surface area contributed by atoms with E-state index in [0.29, 0.717) is 5.56 Å². The second-order valence-electron chi connectivity index (χ2n) is 5.63. The maximum Gasteiger partial charge on any atom is 0.255 e. The number of amides is 1. The van der Waals surface area contributed by atoms with E-state index in [1.807, 2.05) is 6.07 Å². The maximum absolute atomic E-state index is 12.1. The molecule has 0 aromatic carbocycles. The van der Waals surface area contributed by atoms with Crippen LogP contribution in [0.1, 0.15) is 43.7 Å². The van der Waals surface area contributed by atoms with Gasteiger partial charge in [0, 0.05) is 24.4 Å². The van der Waals surface area contributed by atoms with Gasteiger partial charge in [-0.05, 0) is 19.1 Å². The third kappa shape index (κ3) is 3.29. The monoisotopic (exact) mass is 250 g/mol. The number of hydrogen-bond donors (Lipinski definition) is 1. The zero-order valence-corrected chi connectivity index (χ0v) is 11.8. The standard InChI is InChI=1S/C14H22N2O2/c1-10(9-17)16(5)13(18)11-6-7-12(15-8-11)14(2,3)4/h6-8,10,17H,9H2,1-5H3. The summed E-state index contributed by atoms with van der Waals surface area (Å²) in [5.41, 5.74) is 1.48. The lowest BCUT2D eigenvalue weighted by Crippen LogP contribution is -2.37. The van der Waals surface area contributed by atoms with Crippen LogP contribution < -0.4 is 0 Å². The highest BCUT2D eigenvalue weighted by molar-refractivity contribution is 5.93. The van der Waals surface area contributed by atoms with E-state index in [2.05, 4.69) is 25.8 Å². The predicted octanol–water partition coefficient (Wildman–Crippen LogP) is 1.83. The van der Waals surface area contributed by atoms with Crippen LogP contribution in [0.25, 0.3) is 0 Å². The van der Waals surface area contributed by atoms with Crippen LogP contribution >= 0.6 is 0 Å². The zero-order valence-electron chi connectivity index (χ0n) is 11.8. The average Bonchev–Trinajstić information content (AvgIpc) is 2.35. The molecule has 100 valence electrons. The molecule has 1 amide bonds. The molecule has 1 N–H and O–H groups in total. The van der Waals surface area contributed by atoms with Crippen LogP contribution in [0.4, 0.5) is 0 Å². The average molecular weight is 250 g/mol. The second-order valence-corrected chi connectivity index (χ2v) is 5.63. The predicted molar refractivity (Wildman–Crippen MR) is 71.6 cm³/mol. The SMILES string of the molecule is CC(CO)N(C)C(=O)c1ccc(C(C)(C)C)nc1. The number of pyridine rings is 1. The molecule has 0 bridgehead atoms. The Morgan fingerprint density at radius 1 is 1.44 bits per heavy atom. The highest BCUT2D eigenvalue weighted by Crippen LogP contribution is 2.20. The number of hydrogen-bond acceptors (Lipinski definition) is 3. The molecular formula is C14H22N2O2. The molecule has 0 aliphatic heterocycles. The molecule has 1 heterocycles. The normalized spacial score (nSPS) is 13.2. The Hall–Kier alpha value is -1.42. The van der Waals surface area contributed by atoms with Gasteiger partial charge < -0.3 is 10.0 Å². The molecule has 1 aromatic rings. The van der Waals surface area contributed by atoms with Crippen molar-refractivity contribution in [3.8, 4) is 0 Å². The van der Waals surface area contributed by atoms with E-state index in [-0.39, 0.29) is 24.0 Å². The highest BCUT2D eigenvalue weighted by atomic mass is 16.3. The molecule has 1 aromatic heterocycles. The van der Waals surface area contributed by atoms with Crippen molar-refractivity contribution in [3.63, 3.8) is 0 Å². The summed E-state index contributed by atoms with van der Waals surface area (Å²) in [6, 6.07) is 3.47. The number of rotatable bonds is 3. The Kier molecular flexibility index (Phi) is 4.46. The summed E-state index contributed by atoms with van der Waals surface area (Å²) in [5, 5.41) is 9.04. The van der Waals surface area contributed by atoms with Crippen molar-refractivity contribution in [1.29, 1.82) is 0 Å². The van der Waals surface area contributed by atoms with Crippen molar-refractivity contribution < 1.29 is 9.90 Å². The minimum atomic E-state index is -0.195. The highest BCUT2D eigenvalue weighted by Gasteiger charge is 2.19. The van der Waals surface area contributed by atoms with Gasteiger partial charge in [0.1, 0.15) is 0 Å². The molecular weight excluding hydrogens is 228 g/mol. The third-order valence-corrected chi connectivity index (χ3v) is 3.02. The van der Waals surface area contributed by atoms with Crippen LogP contribution in [-0.4, -0.2) is 40.6 Å². The molecule has 18 heavy (non-hydrogen) atoms. The Morgan fingerprint density at radius 3 is 2.44 bits per heavy atom. The molecule has 1 unspecified atom stereocenters. The van der Waals surface area contributed by atoms with Gasteiger partial charge in [-0.2, -0.15) is 0 Å². The van der Waals surface area contributed by atoms with Gasteiger partial charge in [0.15, 0.2) is 0 Å². The Balaban J connectivity index is 2.89. The van der Waals surface area contributed by atoms with Crippen molar-refractivity contribution >= 4 is 5.91 Å². The third-order valence-electron chi connectivity index (χ3n) is 3.02.